The molecule has 0 fully saturated rings. The van der Waals surface area contributed by atoms with Crippen LogP contribution in [0.3, 0.4) is 0 Å². The average Bonchev–Trinajstić information content (AvgIpc) is 2.92. The van der Waals surface area contributed by atoms with Gasteiger partial charge in [-0.2, -0.15) is 0 Å². The Morgan fingerprint density at radius 1 is 1.33 bits per heavy atom. The Kier molecular flexibility index (Phi) is 7.03. The third-order valence-corrected chi connectivity index (χ3v) is 4.61. The third kappa shape index (κ3) is 5.15. The monoisotopic (exact) mass is 410 g/mol. The van der Waals surface area contributed by atoms with E-state index in [4.69, 9.17) is 9.47 Å². The van der Waals surface area contributed by atoms with Gasteiger partial charge in [0.1, 0.15) is 5.82 Å². The second-order valence-electron chi connectivity index (χ2n) is 6.84. The highest BCUT2D eigenvalue weighted by molar-refractivity contribution is 5.93. The molecule has 2 aromatic rings. The van der Waals surface area contributed by atoms with Crippen molar-refractivity contribution in [3.8, 4) is 11.5 Å². The predicted molar refractivity (Wildman–Crippen MR) is 114 cm³/mol. The number of likely N-dealkylation sites (N-methyl/N-ethyl adjacent to an activating group) is 1. The molecule has 0 spiro atoms. The van der Waals surface area contributed by atoms with Crippen LogP contribution in [0, 0.1) is 0 Å². The van der Waals surface area contributed by atoms with Gasteiger partial charge in [0.25, 0.3) is 0 Å². The quantitative estimate of drug-likeness (QED) is 0.680. The summed E-state index contributed by atoms with van der Waals surface area (Å²) in [5.41, 5.74) is 2.52. The number of ether oxygens (including phenoxy) is 2. The zero-order chi connectivity index (χ0) is 21.5. The summed E-state index contributed by atoms with van der Waals surface area (Å²) in [7, 11) is 3.32. The van der Waals surface area contributed by atoms with Crippen LogP contribution in [0.5, 0.6) is 11.5 Å². The Hall–Kier alpha value is -3.39. The van der Waals surface area contributed by atoms with E-state index in [1.54, 1.807) is 31.3 Å². The summed E-state index contributed by atoms with van der Waals surface area (Å²) in [5, 5.41) is 5.79. The summed E-state index contributed by atoms with van der Waals surface area (Å²) in [6, 6.07) is 7.53. The Morgan fingerprint density at radius 3 is 2.93 bits per heavy atom. The molecule has 2 N–H and O–H groups in total. The van der Waals surface area contributed by atoms with Gasteiger partial charge in [0.2, 0.25) is 11.8 Å². The van der Waals surface area contributed by atoms with Crippen molar-refractivity contribution in [1.29, 1.82) is 0 Å². The number of para-hydroxylation sites is 1. The highest BCUT2D eigenvalue weighted by Crippen LogP contribution is 2.31. The highest BCUT2D eigenvalue weighted by Gasteiger charge is 2.15. The van der Waals surface area contributed by atoms with Gasteiger partial charge in [-0.25, -0.2) is 4.98 Å². The van der Waals surface area contributed by atoms with E-state index in [2.05, 4.69) is 15.6 Å². The van der Waals surface area contributed by atoms with Crippen LogP contribution in [0.1, 0.15) is 23.6 Å². The van der Waals surface area contributed by atoms with Crippen LogP contribution in [0.25, 0.3) is 6.08 Å². The largest absolute Gasteiger partial charge is 0.493 e. The second-order valence-corrected chi connectivity index (χ2v) is 6.84. The fraction of sp³-hybridized carbons (Fsp3) is 0.318. The van der Waals surface area contributed by atoms with Gasteiger partial charge in [-0.1, -0.05) is 12.1 Å². The number of anilines is 1. The van der Waals surface area contributed by atoms with Gasteiger partial charge in [-0.3, -0.25) is 9.59 Å². The molecule has 0 saturated carbocycles. The SMILES string of the molecule is CCOc1cccc(CN(C)C(=O)/C=C/c2cnc3c(c2)CNCC(=O)N3)c1OC. The number of carbonyl (C=O) groups excluding carboxylic acids is 2. The molecule has 1 aliphatic rings. The van der Waals surface area contributed by atoms with Crippen LogP contribution in [-0.4, -0.2) is 49.0 Å². The standard InChI is InChI=1S/C22H26N4O4/c1-4-30-18-7-5-6-16(21(18)29-3)14-26(2)20(28)9-8-15-10-17-12-23-13-19(27)25-22(17)24-11-15/h5-11,23H,4,12-14H2,1-3H3,(H,24,25,27)/b9-8+. The fourth-order valence-corrected chi connectivity index (χ4v) is 3.17. The maximum atomic E-state index is 12.6. The summed E-state index contributed by atoms with van der Waals surface area (Å²) < 4.78 is 11.1. The number of hydrogen-bond acceptors (Lipinski definition) is 6. The molecule has 0 unspecified atom stereocenters. The Balaban J connectivity index is 1.69. The lowest BCUT2D eigenvalue weighted by atomic mass is 10.1. The molecule has 1 aromatic heterocycles. The zero-order valence-electron chi connectivity index (χ0n) is 17.4. The Bertz CT molecular complexity index is 958. The van der Waals surface area contributed by atoms with E-state index in [-0.39, 0.29) is 18.4 Å². The van der Waals surface area contributed by atoms with E-state index < -0.39 is 0 Å². The summed E-state index contributed by atoms with van der Waals surface area (Å²) in [6.07, 6.45) is 4.85. The number of benzene rings is 1. The number of methoxy groups -OCH3 is 1. The van der Waals surface area contributed by atoms with Gasteiger partial charge in [-0.15, -0.1) is 0 Å². The van der Waals surface area contributed by atoms with Crippen LogP contribution < -0.4 is 20.1 Å². The Morgan fingerprint density at radius 2 is 2.17 bits per heavy atom. The first-order valence-corrected chi connectivity index (χ1v) is 9.73. The van der Waals surface area contributed by atoms with E-state index >= 15 is 0 Å². The molecule has 2 heterocycles. The normalized spacial score (nSPS) is 13.4. The van der Waals surface area contributed by atoms with Crippen molar-refractivity contribution in [2.75, 3.05) is 32.6 Å². The minimum atomic E-state index is -0.153. The summed E-state index contributed by atoms with van der Waals surface area (Å²) in [6.45, 7) is 3.61. The molecule has 1 aliphatic heterocycles. The molecule has 2 amide bonds. The lowest BCUT2D eigenvalue weighted by Crippen LogP contribution is -2.24. The number of carbonyl (C=O) groups is 2. The molecule has 0 atom stereocenters. The molecule has 0 radical (unpaired) electrons. The topological polar surface area (TPSA) is 92.8 Å². The minimum Gasteiger partial charge on any atom is -0.493 e. The van der Waals surface area contributed by atoms with Gasteiger partial charge >= 0.3 is 0 Å². The third-order valence-electron chi connectivity index (χ3n) is 4.61. The van der Waals surface area contributed by atoms with Crippen LogP contribution in [0.2, 0.25) is 0 Å². The number of amides is 2. The molecule has 0 bridgehead atoms. The van der Waals surface area contributed by atoms with Crippen molar-refractivity contribution in [1.82, 2.24) is 15.2 Å². The zero-order valence-corrected chi connectivity index (χ0v) is 17.4. The van der Waals surface area contributed by atoms with E-state index in [0.717, 1.165) is 16.7 Å². The number of nitrogens with zero attached hydrogens (tertiary/aromatic N) is 2. The molecule has 30 heavy (non-hydrogen) atoms. The van der Waals surface area contributed by atoms with Crippen LogP contribution in [0.15, 0.2) is 36.5 Å². The number of fused-ring (bicyclic) bond motifs is 1. The van der Waals surface area contributed by atoms with Crippen molar-refractivity contribution < 1.29 is 19.1 Å². The molecular weight excluding hydrogens is 384 g/mol. The molecule has 0 saturated heterocycles. The first-order valence-electron chi connectivity index (χ1n) is 9.73. The van der Waals surface area contributed by atoms with Gasteiger partial charge in [0.05, 0.1) is 20.3 Å². The molecule has 0 aliphatic carbocycles. The number of aromatic nitrogens is 1. The lowest BCUT2D eigenvalue weighted by Gasteiger charge is -2.19. The van der Waals surface area contributed by atoms with Crippen molar-refractivity contribution in [3.05, 3.63) is 53.2 Å². The molecule has 3 rings (SSSR count). The number of pyridine rings is 1. The molecule has 8 heteroatoms. The average molecular weight is 410 g/mol. The summed E-state index contributed by atoms with van der Waals surface area (Å²) >= 11 is 0. The number of hydrogen-bond donors (Lipinski definition) is 2. The lowest BCUT2D eigenvalue weighted by molar-refractivity contribution is -0.125. The minimum absolute atomic E-state index is 0.120. The first-order chi connectivity index (χ1) is 14.5. The maximum Gasteiger partial charge on any atom is 0.246 e. The van der Waals surface area contributed by atoms with Crippen LogP contribution in [0.4, 0.5) is 5.82 Å². The van der Waals surface area contributed by atoms with Crippen molar-refractivity contribution in [2.45, 2.75) is 20.0 Å². The number of nitrogens with one attached hydrogen (secondary N) is 2. The van der Waals surface area contributed by atoms with Gasteiger partial charge < -0.3 is 25.0 Å². The smallest absolute Gasteiger partial charge is 0.246 e. The van der Waals surface area contributed by atoms with Crippen LogP contribution in [-0.2, 0) is 22.7 Å². The summed E-state index contributed by atoms with van der Waals surface area (Å²) in [4.78, 5) is 30.1. The maximum absolute atomic E-state index is 12.6. The van der Waals surface area contributed by atoms with Crippen LogP contribution >= 0.6 is 0 Å². The number of rotatable bonds is 7. The van der Waals surface area contributed by atoms with Crippen molar-refractivity contribution >= 4 is 23.7 Å². The van der Waals surface area contributed by atoms with Crippen molar-refractivity contribution in [2.24, 2.45) is 0 Å². The van der Waals surface area contributed by atoms with E-state index in [9.17, 15) is 9.59 Å². The van der Waals surface area contributed by atoms with E-state index in [0.29, 0.717) is 37.0 Å². The first kappa shape index (κ1) is 21.3. The fourth-order valence-electron chi connectivity index (χ4n) is 3.17. The Labute approximate surface area is 175 Å². The van der Waals surface area contributed by atoms with E-state index in [1.807, 2.05) is 31.2 Å². The molecule has 8 nitrogen and oxygen atoms in total. The molecule has 158 valence electrons. The summed E-state index contributed by atoms with van der Waals surface area (Å²) in [5.74, 6) is 1.57. The van der Waals surface area contributed by atoms with E-state index in [1.165, 1.54) is 6.08 Å². The molecule has 1 aromatic carbocycles. The van der Waals surface area contributed by atoms with Gasteiger partial charge in [0, 0.05) is 43.5 Å². The van der Waals surface area contributed by atoms with Gasteiger partial charge in [-0.05, 0) is 30.7 Å². The van der Waals surface area contributed by atoms with Gasteiger partial charge in [0.15, 0.2) is 11.5 Å². The van der Waals surface area contributed by atoms with Crippen molar-refractivity contribution in [3.63, 3.8) is 0 Å². The molecular formula is C22H26N4O4. The second kappa shape index (κ2) is 9.89. The predicted octanol–water partition coefficient (Wildman–Crippen LogP) is 2.20. The highest BCUT2D eigenvalue weighted by atomic mass is 16.5.